The zero-order chi connectivity index (χ0) is 26.8. The summed E-state index contributed by atoms with van der Waals surface area (Å²) in [6, 6.07) is 10.4. The molecular formula is C29H42N6O2. The van der Waals surface area contributed by atoms with Gasteiger partial charge in [0.25, 0.3) is 0 Å². The van der Waals surface area contributed by atoms with Crippen LogP contribution in [0.15, 0.2) is 54.0 Å². The molecule has 1 saturated carbocycles. The SMILES string of the molecule is C=C(OC(C)(C)C)N(CCC)CCN=CN/C(=C(\C)c1ccnc(NC2CC2)n1)c1ccc(OC)cc1. The van der Waals surface area contributed by atoms with Gasteiger partial charge in [-0.1, -0.05) is 6.92 Å². The fourth-order valence-corrected chi connectivity index (χ4v) is 3.74. The number of benzene rings is 1. The number of allylic oxidation sites excluding steroid dienone is 1. The van der Waals surface area contributed by atoms with Gasteiger partial charge in [-0.3, -0.25) is 4.99 Å². The van der Waals surface area contributed by atoms with Gasteiger partial charge in [-0.15, -0.1) is 0 Å². The maximum atomic E-state index is 5.97. The molecule has 1 aliphatic rings. The summed E-state index contributed by atoms with van der Waals surface area (Å²) >= 11 is 0. The lowest BCUT2D eigenvalue weighted by molar-refractivity contribution is 0.00368. The molecule has 1 aromatic carbocycles. The van der Waals surface area contributed by atoms with Crippen molar-refractivity contribution in [2.24, 2.45) is 4.99 Å². The van der Waals surface area contributed by atoms with Crippen LogP contribution in [0.4, 0.5) is 5.95 Å². The van der Waals surface area contributed by atoms with Crippen LogP contribution in [-0.2, 0) is 4.74 Å². The average Bonchev–Trinajstić information content (AvgIpc) is 3.68. The molecule has 0 aliphatic heterocycles. The van der Waals surface area contributed by atoms with Gasteiger partial charge in [0.2, 0.25) is 5.95 Å². The highest BCUT2D eigenvalue weighted by Gasteiger charge is 2.22. The van der Waals surface area contributed by atoms with Crippen LogP contribution < -0.4 is 15.4 Å². The van der Waals surface area contributed by atoms with Crippen molar-refractivity contribution in [1.82, 2.24) is 20.2 Å². The van der Waals surface area contributed by atoms with Crippen LogP contribution >= 0.6 is 0 Å². The van der Waals surface area contributed by atoms with Gasteiger partial charge in [0.05, 0.1) is 31.4 Å². The molecule has 1 aliphatic carbocycles. The first-order valence-corrected chi connectivity index (χ1v) is 13.0. The molecule has 8 nitrogen and oxygen atoms in total. The molecule has 0 amide bonds. The predicted octanol–water partition coefficient (Wildman–Crippen LogP) is 5.56. The quantitative estimate of drug-likeness (QED) is 0.197. The number of aromatic nitrogens is 2. The van der Waals surface area contributed by atoms with E-state index in [9.17, 15) is 0 Å². The highest BCUT2D eigenvalue weighted by Crippen LogP contribution is 2.26. The number of ether oxygens (including phenoxy) is 2. The normalized spacial score (nSPS) is 14.2. The Morgan fingerprint density at radius 1 is 1.19 bits per heavy atom. The highest BCUT2D eigenvalue weighted by molar-refractivity contribution is 5.92. The van der Waals surface area contributed by atoms with Crippen molar-refractivity contribution in [2.75, 3.05) is 32.1 Å². The van der Waals surface area contributed by atoms with Crippen LogP contribution in [0.25, 0.3) is 11.3 Å². The first kappa shape index (κ1) is 28.0. The summed E-state index contributed by atoms with van der Waals surface area (Å²) in [5.74, 6) is 2.16. The molecule has 1 aromatic heterocycles. The van der Waals surface area contributed by atoms with Gasteiger partial charge in [-0.2, -0.15) is 0 Å². The molecule has 3 rings (SSSR count). The van der Waals surface area contributed by atoms with Crippen molar-refractivity contribution in [3.05, 3.63) is 60.2 Å². The number of anilines is 1. The van der Waals surface area contributed by atoms with Crippen LogP contribution in [-0.4, -0.2) is 59.6 Å². The monoisotopic (exact) mass is 506 g/mol. The Hall–Kier alpha value is -3.55. The Bertz CT molecular complexity index is 1080. The van der Waals surface area contributed by atoms with E-state index >= 15 is 0 Å². The van der Waals surface area contributed by atoms with Crippen LogP contribution in [0.1, 0.15) is 65.1 Å². The van der Waals surface area contributed by atoms with E-state index in [2.05, 4.69) is 45.9 Å². The van der Waals surface area contributed by atoms with Crippen molar-refractivity contribution < 1.29 is 9.47 Å². The van der Waals surface area contributed by atoms with Crippen molar-refractivity contribution in [1.29, 1.82) is 0 Å². The molecule has 1 heterocycles. The van der Waals surface area contributed by atoms with Crippen LogP contribution in [0.2, 0.25) is 0 Å². The van der Waals surface area contributed by atoms with Gasteiger partial charge < -0.3 is 25.0 Å². The number of nitrogens with zero attached hydrogens (tertiary/aromatic N) is 4. The van der Waals surface area contributed by atoms with E-state index < -0.39 is 0 Å². The Morgan fingerprint density at radius 3 is 2.54 bits per heavy atom. The Balaban J connectivity index is 1.75. The van der Waals surface area contributed by atoms with E-state index in [0.29, 0.717) is 24.4 Å². The summed E-state index contributed by atoms with van der Waals surface area (Å²) in [5, 5.41) is 6.79. The van der Waals surface area contributed by atoms with Gasteiger partial charge >= 0.3 is 0 Å². The summed E-state index contributed by atoms with van der Waals surface area (Å²) in [4.78, 5) is 15.9. The minimum Gasteiger partial charge on any atom is -0.497 e. The zero-order valence-electron chi connectivity index (χ0n) is 23.2. The first-order valence-electron chi connectivity index (χ1n) is 13.0. The number of rotatable bonds is 14. The van der Waals surface area contributed by atoms with E-state index in [-0.39, 0.29) is 5.60 Å². The number of hydrogen-bond donors (Lipinski definition) is 2. The Kier molecular flexibility index (Phi) is 9.94. The van der Waals surface area contributed by atoms with Gasteiger partial charge in [0, 0.05) is 25.3 Å². The molecule has 0 spiro atoms. The van der Waals surface area contributed by atoms with E-state index in [1.54, 1.807) is 19.6 Å². The molecule has 0 saturated heterocycles. The van der Waals surface area contributed by atoms with Crippen molar-refractivity contribution in [3.8, 4) is 5.75 Å². The van der Waals surface area contributed by atoms with Crippen LogP contribution in [0, 0.1) is 0 Å². The molecular weight excluding hydrogens is 464 g/mol. The van der Waals surface area contributed by atoms with Crippen molar-refractivity contribution in [3.63, 3.8) is 0 Å². The number of aliphatic imine (C=N–C) groups is 1. The van der Waals surface area contributed by atoms with Crippen LogP contribution in [0.5, 0.6) is 5.75 Å². The summed E-state index contributed by atoms with van der Waals surface area (Å²) in [6.45, 7) is 16.6. The third-order valence-corrected chi connectivity index (χ3v) is 5.77. The topological polar surface area (TPSA) is 83.9 Å². The molecule has 1 fully saturated rings. The van der Waals surface area contributed by atoms with E-state index in [1.807, 2.05) is 51.1 Å². The van der Waals surface area contributed by atoms with Crippen molar-refractivity contribution in [2.45, 2.75) is 65.5 Å². The molecule has 0 bridgehead atoms. The van der Waals surface area contributed by atoms with Crippen LogP contribution in [0.3, 0.4) is 0 Å². The van der Waals surface area contributed by atoms with E-state index in [4.69, 9.17) is 14.5 Å². The maximum Gasteiger partial charge on any atom is 0.223 e. The second-order valence-corrected chi connectivity index (χ2v) is 10.2. The van der Waals surface area contributed by atoms with E-state index in [1.165, 1.54) is 12.8 Å². The zero-order valence-corrected chi connectivity index (χ0v) is 23.2. The Labute approximate surface area is 221 Å². The summed E-state index contributed by atoms with van der Waals surface area (Å²) in [7, 11) is 1.67. The summed E-state index contributed by atoms with van der Waals surface area (Å²) in [5.41, 5.74) is 3.51. The minimum absolute atomic E-state index is 0.279. The van der Waals surface area contributed by atoms with Crippen molar-refractivity contribution >= 4 is 23.6 Å². The second kappa shape index (κ2) is 13.1. The Morgan fingerprint density at radius 2 is 1.92 bits per heavy atom. The lowest BCUT2D eigenvalue weighted by Crippen LogP contribution is -2.32. The maximum absolute atomic E-state index is 5.97. The molecule has 200 valence electrons. The molecule has 8 heteroatoms. The third-order valence-electron chi connectivity index (χ3n) is 5.77. The van der Waals surface area contributed by atoms with Gasteiger partial charge in [-0.05, 0) is 95.0 Å². The second-order valence-electron chi connectivity index (χ2n) is 10.2. The smallest absolute Gasteiger partial charge is 0.223 e. The number of hydrogen-bond acceptors (Lipinski definition) is 7. The van der Waals surface area contributed by atoms with Gasteiger partial charge in [0.1, 0.15) is 11.4 Å². The fraction of sp³-hybridized carbons (Fsp3) is 0.483. The minimum atomic E-state index is -0.279. The van der Waals surface area contributed by atoms with Gasteiger partial charge in [0.15, 0.2) is 5.88 Å². The van der Waals surface area contributed by atoms with E-state index in [0.717, 1.165) is 47.8 Å². The largest absolute Gasteiger partial charge is 0.497 e. The lowest BCUT2D eigenvalue weighted by Gasteiger charge is -2.31. The predicted molar refractivity (Wildman–Crippen MR) is 152 cm³/mol. The third kappa shape index (κ3) is 9.12. The fourth-order valence-electron chi connectivity index (χ4n) is 3.74. The average molecular weight is 507 g/mol. The number of methoxy groups -OCH3 is 1. The molecule has 37 heavy (non-hydrogen) atoms. The molecule has 0 radical (unpaired) electrons. The highest BCUT2D eigenvalue weighted by atomic mass is 16.5. The van der Waals surface area contributed by atoms with Gasteiger partial charge in [-0.25, -0.2) is 9.97 Å². The standard InChI is InChI=1S/C29H42N6O2/c1-8-18-35(22(3)37-29(4,5)6)19-17-30-20-32-27(23-9-13-25(36-7)14-10-23)21(2)26-15-16-31-28(34-26)33-24-11-12-24/h9-10,13-16,20,24H,3,8,11-12,17-19H2,1-2,4-7H3,(H,30,32)(H,31,33,34)/b27-21+. The first-order chi connectivity index (χ1) is 17.7. The summed E-state index contributed by atoms with van der Waals surface area (Å²) < 4.78 is 11.3. The summed E-state index contributed by atoms with van der Waals surface area (Å²) in [6.07, 6.45) is 6.90. The molecule has 0 atom stereocenters. The molecule has 0 unspecified atom stereocenters. The number of nitrogens with one attached hydrogen (secondary N) is 2. The molecule has 2 N–H and O–H groups in total. The lowest BCUT2D eigenvalue weighted by atomic mass is 10.0. The molecule has 2 aromatic rings.